The zero-order valence-corrected chi connectivity index (χ0v) is 11.2. The molecule has 2 N–H and O–H groups in total. The van der Waals surface area contributed by atoms with Crippen molar-refractivity contribution in [3.05, 3.63) is 12.7 Å². The number of halogens is 1. The molecule has 0 heterocycles. The van der Waals surface area contributed by atoms with Crippen LogP contribution >= 0.6 is 23.8 Å². The monoisotopic (exact) mass is 316 g/mol. The summed E-state index contributed by atoms with van der Waals surface area (Å²) < 4.78 is 19.5. The molecule has 0 aliphatic carbocycles. The van der Waals surface area contributed by atoms with Crippen LogP contribution in [0.15, 0.2) is 12.7 Å². The van der Waals surface area contributed by atoms with Crippen LogP contribution in [0.1, 0.15) is 13.3 Å². The minimum Gasteiger partial charge on any atom is -0.459 e. The minimum absolute atomic E-state index is 0.166. The predicted octanol–water partition coefficient (Wildman–Crippen LogP) is 1.37. The highest BCUT2D eigenvalue weighted by atomic mass is 79.9. The normalized spacial score (nSPS) is 15.2. The molecule has 16 heavy (non-hydrogen) atoms. The third-order valence-corrected chi connectivity index (χ3v) is 2.62. The van der Waals surface area contributed by atoms with Crippen LogP contribution in [0.4, 0.5) is 0 Å². The van der Waals surface area contributed by atoms with Gasteiger partial charge in [-0.15, -0.1) is 0 Å². The molecular formula is C8H14BrO6P. The molecule has 0 bridgehead atoms. The van der Waals surface area contributed by atoms with Crippen molar-refractivity contribution in [1.82, 2.24) is 0 Å². The fraction of sp³-hybridized carbons (Fsp3) is 0.625. The lowest BCUT2D eigenvalue weighted by atomic mass is 10.2. The second-order valence-electron chi connectivity index (χ2n) is 3.07. The maximum atomic E-state index is 10.8. The topological polar surface area (TPSA) is 93.1 Å². The van der Waals surface area contributed by atoms with Crippen molar-refractivity contribution >= 4 is 29.7 Å². The van der Waals surface area contributed by atoms with E-state index in [-0.39, 0.29) is 11.4 Å². The smallest absolute Gasteiger partial charge is 0.459 e. The van der Waals surface area contributed by atoms with Crippen LogP contribution < -0.4 is 0 Å². The quantitative estimate of drug-likeness (QED) is 0.319. The van der Waals surface area contributed by atoms with Crippen LogP contribution in [-0.4, -0.2) is 33.3 Å². The van der Waals surface area contributed by atoms with E-state index in [1.54, 1.807) is 6.92 Å². The first-order valence-electron chi connectivity index (χ1n) is 4.42. The molecule has 2 unspecified atom stereocenters. The molecule has 0 aromatic rings. The van der Waals surface area contributed by atoms with E-state index in [9.17, 15) is 9.36 Å². The Bertz CT molecular complexity index is 288. The summed E-state index contributed by atoms with van der Waals surface area (Å²) in [6.07, 6.45) is 1.03. The van der Waals surface area contributed by atoms with Gasteiger partial charge in [-0.3, -0.25) is 4.52 Å². The SMILES string of the molecule is C=CC(=O)OC(C)CC(Br)COP(=O)(O)O. The number of rotatable bonds is 7. The summed E-state index contributed by atoms with van der Waals surface area (Å²) in [5, 5.41) is 0. The third-order valence-electron chi connectivity index (χ3n) is 1.50. The zero-order chi connectivity index (χ0) is 12.8. The first kappa shape index (κ1) is 15.8. The Hall–Kier alpha value is -0.200. The molecule has 6 nitrogen and oxygen atoms in total. The molecule has 94 valence electrons. The van der Waals surface area contributed by atoms with Gasteiger partial charge in [0.25, 0.3) is 0 Å². The molecule has 0 saturated carbocycles. The van der Waals surface area contributed by atoms with Gasteiger partial charge in [0.1, 0.15) is 6.10 Å². The third kappa shape index (κ3) is 9.06. The van der Waals surface area contributed by atoms with E-state index in [1.807, 2.05) is 0 Å². The average molecular weight is 317 g/mol. The van der Waals surface area contributed by atoms with Crippen molar-refractivity contribution in [3.8, 4) is 0 Å². The number of phosphoric ester groups is 1. The second kappa shape index (κ2) is 7.19. The van der Waals surface area contributed by atoms with Crippen molar-refractivity contribution in [3.63, 3.8) is 0 Å². The first-order chi connectivity index (χ1) is 7.24. The molecule has 0 fully saturated rings. The molecule has 8 heteroatoms. The highest BCUT2D eigenvalue weighted by Gasteiger charge is 2.19. The Balaban J connectivity index is 3.86. The Morgan fingerprint density at radius 1 is 1.62 bits per heavy atom. The molecule has 0 radical (unpaired) electrons. The van der Waals surface area contributed by atoms with E-state index < -0.39 is 19.9 Å². The lowest BCUT2D eigenvalue weighted by Gasteiger charge is -2.16. The number of carbonyl (C=O) groups is 1. The number of carbonyl (C=O) groups excluding carboxylic acids is 1. The maximum absolute atomic E-state index is 10.8. The number of ether oxygens (including phenoxy) is 1. The van der Waals surface area contributed by atoms with Gasteiger partial charge < -0.3 is 14.5 Å². The largest absolute Gasteiger partial charge is 0.469 e. The molecule has 0 amide bonds. The Morgan fingerprint density at radius 2 is 2.19 bits per heavy atom. The molecule has 0 rings (SSSR count). The van der Waals surface area contributed by atoms with E-state index in [4.69, 9.17) is 14.5 Å². The van der Waals surface area contributed by atoms with Crippen LogP contribution in [0, 0.1) is 0 Å². The van der Waals surface area contributed by atoms with Crippen molar-refractivity contribution in [2.24, 2.45) is 0 Å². The van der Waals surface area contributed by atoms with Crippen molar-refractivity contribution in [2.75, 3.05) is 6.61 Å². The van der Waals surface area contributed by atoms with Crippen LogP contribution in [0.2, 0.25) is 0 Å². The first-order valence-corrected chi connectivity index (χ1v) is 6.86. The molecule has 0 aromatic heterocycles. The average Bonchev–Trinajstić information content (AvgIpc) is 2.13. The van der Waals surface area contributed by atoms with Gasteiger partial charge in [0.05, 0.1) is 6.61 Å². The van der Waals surface area contributed by atoms with Crippen molar-refractivity contribution in [1.29, 1.82) is 0 Å². The van der Waals surface area contributed by atoms with Crippen LogP contribution in [0.3, 0.4) is 0 Å². The van der Waals surface area contributed by atoms with E-state index in [0.717, 1.165) is 6.08 Å². The Labute approximate surface area is 102 Å². The Morgan fingerprint density at radius 3 is 2.62 bits per heavy atom. The van der Waals surface area contributed by atoms with Gasteiger partial charge in [-0.25, -0.2) is 9.36 Å². The summed E-state index contributed by atoms with van der Waals surface area (Å²) in [7, 11) is -4.45. The van der Waals surface area contributed by atoms with Crippen LogP contribution in [0.25, 0.3) is 0 Å². The summed E-state index contributed by atoms with van der Waals surface area (Å²) in [5.74, 6) is -0.539. The van der Waals surface area contributed by atoms with Crippen molar-refractivity contribution in [2.45, 2.75) is 24.3 Å². The molecule has 0 saturated heterocycles. The summed E-state index contributed by atoms with van der Waals surface area (Å²) >= 11 is 3.16. The zero-order valence-electron chi connectivity index (χ0n) is 8.71. The van der Waals surface area contributed by atoms with Gasteiger partial charge in [-0.2, -0.15) is 0 Å². The number of phosphoric acid groups is 1. The summed E-state index contributed by atoms with van der Waals surface area (Å²) in [6, 6.07) is 0. The Kier molecular flexibility index (Phi) is 7.10. The molecule has 0 spiro atoms. The lowest BCUT2D eigenvalue weighted by Crippen LogP contribution is -2.20. The second-order valence-corrected chi connectivity index (χ2v) is 5.61. The number of hydrogen-bond donors (Lipinski definition) is 2. The number of esters is 1. The van der Waals surface area contributed by atoms with Gasteiger partial charge in [0.15, 0.2) is 0 Å². The predicted molar refractivity (Wildman–Crippen MR) is 61.1 cm³/mol. The summed E-state index contributed by atoms with van der Waals surface area (Å²) in [6.45, 7) is 4.74. The van der Waals surface area contributed by atoms with Crippen LogP contribution in [-0.2, 0) is 18.6 Å². The highest BCUT2D eigenvalue weighted by Crippen LogP contribution is 2.36. The maximum Gasteiger partial charge on any atom is 0.469 e. The highest BCUT2D eigenvalue weighted by molar-refractivity contribution is 9.09. The van der Waals surface area contributed by atoms with Gasteiger partial charge in [-0.05, 0) is 13.3 Å². The number of hydrogen-bond acceptors (Lipinski definition) is 4. The fourth-order valence-corrected chi connectivity index (χ4v) is 2.14. The van der Waals surface area contributed by atoms with E-state index in [0.29, 0.717) is 6.42 Å². The molecule has 0 aliphatic heterocycles. The fourth-order valence-electron chi connectivity index (χ4n) is 0.901. The molecular weight excluding hydrogens is 303 g/mol. The summed E-state index contributed by atoms with van der Waals surface area (Å²) in [4.78, 5) is 27.4. The molecule has 0 aromatic carbocycles. The molecule has 0 aliphatic rings. The molecule has 2 atom stereocenters. The summed E-state index contributed by atoms with van der Waals surface area (Å²) in [5.41, 5.74) is 0. The van der Waals surface area contributed by atoms with Gasteiger partial charge in [-0.1, -0.05) is 22.5 Å². The van der Waals surface area contributed by atoms with E-state index in [2.05, 4.69) is 27.0 Å². The lowest BCUT2D eigenvalue weighted by molar-refractivity contribution is -0.142. The van der Waals surface area contributed by atoms with Crippen molar-refractivity contribution < 1.29 is 28.4 Å². The van der Waals surface area contributed by atoms with E-state index in [1.165, 1.54) is 0 Å². The minimum atomic E-state index is -4.45. The van der Waals surface area contributed by atoms with E-state index >= 15 is 0 Å². The number of alkyl halides is 1. The van der Waals surface area contributed by atoms with Gasteiger partial charge in [0.2, 0.25) is 0 Å². The standard InChI is InChI=1S/C8H14BrO6P/c1-3-8(10)15-6(2)4-7(9)5-14-16(11,12)13/h3,6-7H,1,4-5H2,2H3,(H2,11,12,13). The van der Waals surface area contributed by atoms with Gasteiger partial charge >= 0.3 is 13.8 Å². The van der Waals surface area contributed by atoms with Crippen LogP contribution in [0.5, 0.6) is 0 Å². The van der Waals surface area contributed by atoms with Gasteiger partial charge in [0, 0.05) is 10.9 Å².